The summed E-state index contributed by atoms with van der Waals surface area (Å²) >= 11 is 5.98. The van der Waals surface area contributed by atoms with Gasteiger partial charge in [-0.15, -0.1) is 0 Å². The number of rotatable bonds is 8. The Morgan fingerprint density at radius 3 is 2.12 bits per heavy atom. The molecule has 2 atom stereocenters. The SMILES string of the molecule is CC(C)Cc1ccc([C@H](C)C(=O)O[C@H](OC(=O)c2cccc(Cl)c2)c2ccccc2)cc1. The molecule has 0 spiro atoms. The molecule has 5 heteroatoms. The number of hydrogen-bond donors (Lipinski definition) is 0. The fourth-order valence-corrected chi connectivity index (χ4v) is 3.50. The van der Waals surface area contributed by atoms with Gasteiger partial charge in [0.1, 0.15) is 0 Å². The second kappa shape index (κ2) is 11.0. The molecule has 3 aromatic carbocycles. The van der Waals surface area contributed by atoms with Crippen molar-refractivity contribution in [2.24, 2.45) is 5.92 Å². The molecule has 0 N–H and O–H groups in total. The Balaban J connectivity index is 1.75. The van der Waals surface area contributed by atoms with Crippen molar-refractivity contribution in [3.05, 3.63) is 106 Å². The van der Waals surface area contributed by atoms with Crippen LogP contribution >= 0.6 is 11.6 Å². The highest BCUT2D eigenvalue weighted by Gasteiger charge is 2.26. The first-order valence-corrected chi connectivity index (χ1v) is 11.0. The van der Waals surface area contributed by atoms with Crippen LogP contribution in [0.25, 0.3) is 0 Å². The van der Waals surface area contributed by atoms with Gasteiger partial charge in [0.25, 0.3) is 6.29 Å². The van der Waals surface area contributed by atoms with E-state index in [2.05, 4.69) is 13.8 Å². The largest absolute Gasteiger partial charge is 0.420 e. The summed E-state index contributed by atoms with van der Waals surface area (Å²) in [5, 5.41) is 0.419. The number of esters is 2. The van der Waals surface area contributed by atoms with Crippen molar-refractivity contribution in [2.45, 2.75) is 39.4 Å². The molecule has 4 nitrogen and oxygen atoms in total. The molecule has 0 radical (unpaired) electrons. The van der Waals surface area contributed by atoms with E-state index in [9.17, 15) is 9.59 Å². The number of ether oxygens (including phenoxy) is 2. The van der Waals surface area contributed by atoms with E-state index >= 15 is 0 Å². The molecule has 3 aromatic rings. The molecule has 32 heavy (non-hydrogen) atoms. The Hall–Kier alpha value is -3.11. The van der Waals surface area contributed by atoms with E-state index in [0.29, 0.717) is 16.5 Å². The minimum atomic E-state index is -1.17. The molecule has 0 fully saturated rings. The zero-order valence-corrected chi connectivity index (χ0v) is 19.2. The second-order valence-electron chi connectivity index (χ2n) is 8.16. The maximum atomic E-state index is 12.9. The van der Waals surface area contributed by atoms with Gasteiger partial charge in [-0.05, 0) is 48.6 Å². The van der Waals surface area contributed by atoms with E-state index in [1.807, 2.05) is 30.3 Å². The molecule has 0 aromatic heterocycles. The summed E-state index contributed by atoms with van der Waals surface area (Å²) in [6, 6.07) is 23.3. The maximum Gasteiger partial charge on any atom is 0.341 e. The van der Waals surface area contributed by atoms with Crippen LogP contribution in [0.1, 0.15) is 60.0 Å². The van der Waals surface area contributed by atoms with E-state index in [-0.39, 0.29) is 5.56 Å². The van der Waals surface area contributed by atoms with Gasteiger partial charge < -0.3 is 9.47 Å². The van der Waals surface area contributed by atoms with Crippen molar-refractivity contribution in [3.63, 3.8) is 0 Å². The molecule has 0 saturated carbocycles. The van der Waals surface area contributed by atoms with Gasteiger partial charge in [0.05, 0.1) is 11.5 Å². The zero-order valence-electron chi connectivity index (χ0n) is 18.5. The summed E-state index contributed by atoms with van der Waals surface area (Å²) in [6.07, 6.45) is -0.188. The zero-order chi connectivity index (χ0) is 23.1. The molecule has 0 saturated heterocycles. The van der Waals surface area contributed by atoms with Gasteiger partial charge in [0.2, 0.25) is 0 Å². The normalized spacial score (nSPS) is 12.8. The van der Waals surface area contributed by atoms with Gasteiger partial charge in [-0.2, -0.15) is 0 Å². The molecule has 166 valence electrons. The lowest BCUT2D eigenvalue weighted by Crippen LogP contribution is -2.21. The van der Waals surface area contributed by atoms with E-state index in [4.69, 9.17) is 21.1 Å². The predicted molar refractivity (Wildman–Crippen MR) is 126 cm³/mol. The summed E-state index contributed by atoms with van der Waals surface area (Å²) < 4.78 is 11.2. The summed E-state index contributed by atoms with van der Waals surface area (Å²) in [5.74, 6) is -1.06. The van der Waals surface area contributed by atoms with Gasteiger partial charge >= 0.3 is 11.9 Å². The molecule has 0 amide bonds. The van der Waals surface area contributed by atoms with Crippen LogP contribution in [0.4, 0.5) is 0 Å². The van der Waals surface area contributed by atoms with Crippen LogP contribution in [0.5, 0.6) is 0 Å². The van der Waals surface area contributed by atoms with Crippen LogP contribution in [-0.2, 0) is 20.7 Å². The average molecular weight is 451 g/mol. The highest BCUT2D eigenvalue weighted by molar-refractivity contribution is 6.30. The van der Waals surface area contributed by atoms with Crippen LogP contribution < -0.4 is 0 Å². The number of benzene rings is 3. The van der Waals surface area contributed by atoms with Crippen molar-refractivity contribution in [1.29, 1.82) is 0 Å². The third-order valence-electron chi connectivity index (χ3n) is 5.05. The number of carbonyl (C=O) groups excluding carboxylic acids is 2. The van der Waals surface area contributed by atoms with Gasteiger partial charge in [-0.1, -0.05) is 86.1 Å². The fourth-order valence-electron chi connectivity index (χ4n) is 3.31. The van der Waals surface area contributed by atoms with Gasteiger partial charge in [0, 0.05) is 10.6 Å². The molecule has 0 aliphatic carbocycles. The Labute approximate surface area is 194 Å². The Kier molecular flexibility index (Phi) is 8.07. The third-order valence-corrected chi connectivity index (χ3v) is 5.28. The number of hydrogen-bond acceptors (Lipinski definition) is 4. The number of carbonyl (C=O) groups is 2. The molecule has 3 rings (SSSR count). The monoisotopic (exact) mass is 450 g/mol. The minimum Gasteiger partial charge on any atom is -0.420 e. The Bertz CT molecular complexity index is 1040. The van der Waals surface area contributed by atoms with Crippen LogP contribution in [0, 0.1) is 5.92 Å². The molecule has 0 aliphatic rings. The summed E-state index contributed by atoms with van der Waals surface area (Å²) in [7, 11) is 0. The first kappa shape index (κ1) is 23.6. The molecular weight excluding hydrogens is 424 g/mol. The van der Waals surface area contributed by atoms with E-state index in [1.54, 1.807) is 49.4 Å². The minimum absolute atomic E-state index is 0.281. The van der Waals surface area contributed by atoms with Crippen molar-refractivity contribution in [3.8, 4) is 0 Å². The maximum absolute atomic E-state index is 12.9. The van der Waals surface area contributed by atoms with Gasteiger partial charge in [-0.25, -0.2) is 4.79 Å². The molecule has 0 unspecified atom stereocenters. The topological polar surface area (TPSA) is 52.6 Å². The summed E-state index contributed by atoms with van der Waals surface area (Å²) in [6.45, 7) is 6.12. The second-order valence-corrected chi connectivity index (χ2v) is 8.59. The highest BCUT2D eigenvalue weighted by Crippen LogP contribution is 2.26. The third kappa shape index (κ3) is 6.44. The standard InChI is InChI=1S/C27H27ClO4/c1-18(2)16-20-12-14-21(15-13-20)19(3)25(29)31-27(22-8-5-4-6-9-22)32-26(30)23-10-7-11-24(28)17-23/h4-15,17-19,27H,16H2,1-3H3/t19-,27+/m0/s1. The van der Waals surface area contributed by atoms with Crippen LogP contribution in [-0.4, -0.2) is 11.9 Å². The van der Waals surface area contributed by atoms with E-state index in [0.717, 1.165) is 12.0 Å². The van der Waals surface area contributed by atoms with Crippen molar-refractivity contribution in [2.75, 3.05) is 0 Å². The quantitative estimate of drug-likeness (QED) is 0.281. The average Bonchev–Trinajstić information content (AvgIpc) is 2.78. The molecule has 0 bridgehead atoms. The summed E-state index contributed by atoms with van der Waals surface area (Å²) in [4.78, 5) is 25.6. The lowest BCUT2D eigenvalue weighted by Gasteiger charge is -2.21. The van der Waals surface area contributed by atoms with Crippen molar-refractivity contribution >= 4 is 23.5 Å². The Morgan fingerprint density at radius 2 is 1.50 bits per heavy atom. The fraction of sp³-hybridized carbons (Fsp3) is 0.259. The molecule has 0 heterocycles. The first-order chi connectivity index (χ1) is 15.3. The number of halogens is 1. The lowest BCUT2D eigenvalue weighted by molar-refractivity contribution is -0.171. The molecular formula is C27H27ClO4. The molecule has 0 aliphatic heterocycles. The van der Waals surface area contributed by atoms with Gasteiger partial charge in [0.15, 0.2) is 0 Å². The van der Waals surface area contributed by atoms with E-state index < -0.39 is 24.1 Å². The van der Waals surface area contributed by atoms with Crippen molar-refractivity contribution in [1.82, 2.24) is 0 Å². The van der Waals surface area contributed by atoms with Crippen molar-refractivity contribution < 1.29 is 19.1 Å². The smallest absolute Gasteiger partial charge is 0.341 e. The predicted octanol–water partition coefficient (Wildman–Crippen LogP) is 6.74. The Morgan fingerprint density at radius 1 is 0.812 bits per heavy atom. The lowest BCUT2D eigenvalue weighted by atomic mass is 9.97. The van der Waals surface area contributed by atoms with Crippen LogP contribution in [0.3, 0.4) is 0 Å². The van der Waals surface area contributed by atoms with Crippen LogP contribution in [0.2, 0.25) is 5.02 Å². The van der Waals surface area contributed by atoms with E-state index in [1.165, 1.54) is 11.6 Å². The summed E-state index contributed by atoms with van der Waals surface area (Å²) in [5.41, 5.74) is 2.91. The first-order valence-electron chi connectivity index (χ1n) is 10.6. The van der Waals surface area contributed by atoms with Crippen LogP contribution in [0.15, 0.2) is 78.9 Å². The highest BCUT2D eigenvalue weighted by atomic mass is 35.5. The van der Waals surface area contributed by atoms with Gasteiger partial charge in [-0.3, -0.25) is 4.79 Å².